The van der Waals surface area contributed by atoms with Crippen LogP contribution in [0.2, 0.25) is 0 Å². The average Bonchev–Trinajstić information content (AvgIpc) is 3.05. The molecule has 1 saturated heterocycles. The lowest BCUT2D eigenvalue weighted by molar-refractivity contribution is 0.00560. The summed E-state index contributed by atoms with van der Waals surface area (Å²) in [5, 5.41) is 3.08. The monoisotopic (exact) mass is 466 g/mol. The maximum atomic E-state index is 12.7. The summed E-state index contributed by atoms with van der Waals surface area (Å²) in [5.41, 5.74) is 2.80. The van der Waals surface area contributed by atoms with Crippen LogP contribution < -0.4 is 10.0 Å². The lowest BCUT2D eigenvalue weighted by Gasteiger charge is -2.19. The number of nitrogens with one attached hydrogen (secondary N) is 2. The molecule has 0 bridgehead atoms. The number of carbonyl (C=O) groups is 1. The summed E-state index contributed by atoms with van der Waals surface area (Å²) in [6.45, 7) is 7.07. The SMILES string of the molecule is COCC1CCN(S(=O)(=O)NC(=O)c2coc(Nc3cc(C)ccc3C(C)C)n2)CCO1. The van der Waals surface area contributed by atoms with Gasteiger partial charge in [0.05, 0.1) is 19.3 Å². The van der Waals surface area contributed by atoms with E-state index in [2.05, 4.69) is 28.9 Å². The highest BCUT2D eigenvalue weighted by molar-refractivity contribution is 7.87. The van der Waals surface area contributed by atoms with Crippen LogP contribution in [0.5, 0.6) is 0 Å². The van der Waals surface area contributed by atoms with E-state index in [0.29, 0.717) is 13.0 Å². The fourth-order valence-corrected chi connectivity index (χ4v) is 4.56. The van der Waals surface area contributed by atoms with Gasteiger partial charge in [0.25, 0.3) is 11.9 Å². The summed E-state index contributed by atoms with van der Waals surface area (Å²) in [6, 6.07) is 6.10. The number of carbonyl (C=O) groups excluding carboxylic acids is 1. The molecular formula is C21H30N4O6S. The van der Waals surface area contributed by atoms with Crippen molar-refractivity contribution < 1.29 is 27.1 Å². The normalized spacial score (nSPS) is 17.8. The number of oxazole rings is 1. The van der Waals surface area contributed by atoms with E-state index in [1.54, 1.807) is 7.11 Å². The zero-order chi connectivity index (χ0) is 23.3. The van der Waals surface area contributed by atoms with Crippen LogP contribution in [0, 0.1) is 6.92 Å². The first-order valence-electron chi connectivity index (χ1n) is 10.5. The summed E-state index contributed by atoms with van der Waals surface area (Å²) in [5.74, 6) is -0.601. The Labute approximate surface area is 188 Å². The molecule has 10 nitrogen and oxygen atoms in total. The lowest BCUT2D eigenvalue weighted by atomic mass is 9.99. The van der Waals surface area contributed by atoms with E-state index >= 15 is 0 Å². The number of benzene rings is 1. The van der Waals surface area contributed by atoms with Crippen molar-refractivity contribution in [1.82, 2.24) is 14.0 Å². The minimum absolute atomic E-state index is 0.102. The predicted octanol–water partition coefficient (Wildman–Crippen LogP) is 2.56. The molecule has 1 aromatic heterocycles. The molecule has 1 aliphatic rings. The number of anilines is 2. The zero-order valence-corrected chi connectivity index (χ0v) is 19.6. The van der Waals surface area contributed by atoms with Gasteiger partial charge in [-0.2, -0.15) is 17.7 Å². The van der Waals surface area contributed by atoms with Gasteiger partial charge in [0.1, 0.15) is 6.26 Å². The molecule has 1 aromatic carbocycles. The van der Waals surface area contributed by atoms with Crippen molar-refractivity contribution in [3.8, 4) is 0 Å². The summed E-state index contributed by atoms with van der Waals surface area (Å²) in [7, 11) is -2.49. The second-order valence-corrected chi connectivity index (χ2v) is 9.65. The topological polar surface area (TPSA) is 123 Å². The zero-order valence-electron chi connectivity index (χ0n) is 18.8. The van der Waals surface area contributed by atoms with Crippen molar-refractivity contribution in [2.45, 2.75) is 39.2 Å². The number of methoxy groups -OCH3 is 1. The Morgan fingerprint density at radius 1 is 1.34 bits per heavy atom. The first-order valence-corrected chi connectivity index (χ1v) is 11.9. The van der Waals surface area contributed by atoms with Crippen molar-refractivity contribution in [3.63, 3.8) is 0 Å². The van der Waals surface area contributed by atoms with Crippen LogP contribution in [-0.2, 0) is 19.7 Å². The third kappa shape index (κ3) is 6.06. The van der Waals surface area contributed by atoms with E-state index in [-0.39, 0.29) is 43.4 Å². The summed E-state index contributed by atoms with van der Waals surface area (Å²) < 4.78 is 44.6. The molecule has 1 unspecified atom stereocenters. The van der Waals surface area contributed by atoms with E-state index in [0.717, 1.165) is 23.1 Å². The Hall–Kier alpha value is -2.47. The molecular weight excluding hydrogens is 436 g/mol. The Kier molecular flexibility index (Phi) is 7.88. The first kappa shape index (κ1) is 24.2. The summed E-state index contributed by atoms with van der Waals surface area (Å²) in [4.78, 5) is 16.6. The minimum atomic E-state index is -4.05. The lowest BCUT2D eigenvalue weighted by Crippen LogP contribution is -2.44. The molecule has 1 amide bonds. The maximum Gasteiger partial charge on any atom is 0.304 e. The Bertz CT molecular complexity index is 1040. The smallest absolute Gasteiger partial charge is 0.304 e. The molecule has 3 rings (SSSR count). The molecule has 2 heterocycles. The van der Waals surface area contributed by atoms with Crippen LogP contribution in [0.4, 0.5) is 11.7 Å². The van der Waals surface area contributed by atoms with Gasteiger partial charge in [-0.1, -0.05) is 26.0 Å². The summed E-state index contributed by atoms with van der Waals surface area (Å²) >= 11 is 0. The largest absolute Gasteiger partial charge is 0.431 e. The van der Waals surface area contributed by atoms with Gasteiger partial charge < -0.3 is 19.2 Å². The Morgan fingerprint density at radius 3 is 2.84 bits per heavy atom. The minimum Gasteiger partial charge on any atom is -0.431 e. The van der Waals surface area contributed by atoms with Crippen LogP contribution >= 0.6 is 0 Å². The van der Waals surface area contributed by atoms with E-state index in [1.165, 1.54) is 4.31 Å². The summed E-state index contributed by atoms with van der Waals surface area (Å²) in [6.07, 6.45) is 1.41. The van der Waals surface area contributed by atoms with Gasteiger partial charge in [-0.25, -0.2) is 4.72 Å². The number of ether oxygens (including phenoxy) is 2. The number of nitrogens with zero attached hydrogens (tertiary/aromatic N) is 2. The third-order valence-corrected chi connectivity index (χ3v) is 6.61. The van der Waals surface area contributed by atoms with Crippen LogP contribution in [0.1, 0.15) is 47.8 Å². The van der Waals surface area contributed by atoms with Gasteiger partial charge in [-0.3, -0.25) is 4.79 Å². The van der Waals surface area contributed by atoms with Crippen LogP contribution in [-0.4, -0.2) is 63.1 Å². The highest BCUT2D eigenvalue weighted by Gasteiger charge is 2.29. The highest BCUT2D eigenvalue weighted by atomic mass is 32.2. The average molecular weight is 467 g/mol. The Balaban J connectivity index is 1.66. The number of amides is 1. The number of hydrogen-bond donors (Lipinski definition) is 2. The molecule has 2 N–H and O–H groups in total. The van der Waals surface area contributed by atoms with Crippen LogP contribution in [0.3, 0.4) is 0 Å². The van der Waals surface area contributed by atoms with E-state index in [1.807, 2.05) is 25.1 Å². The van der Waals surface area contributed by atoms with Gasteiger partial charge in [0, 0.05) is 25.9 Å². The molecule has 0 aliphatic carbocycles. The second kappa shape index (κ2) is 10.4. The highest BCUT2D eigenvalue weighted by Crippen LogP contribution is 2.28. The number of aromatic nitrogens is 1. The predicted molar refractivity (Wildman–Crippen MR) is 119 cm³/mol. The molecule has 176 valence electrons. The van der Waals surface area contributed by atoms with Crippen molar-refractivity contribution in [2.24, 2.45) is 0 Å². The van der Waals surface area contributed by atoms with E-state index in [9.17, 15) is 13.2 Å². The maximum absolute atomic E-state index is 12.7. The van der Waals surface area contributed by atoms with E-state index < -0.39 is 16.1 Å². The molecule has 0 radical (unpaired) electrons. The fraction of sp³-hybridized carbons (Fsp3) is 0.524. The van der Waals surface area contributed by atoms with E-state index in [4.69, 9.17) is 13.9 Å². The molecule has 1 aliphatic heterocycles. The van der Waals surface area contributed by atoms with Gasteiger partial charge in [-0.15, -0.1) is 0 Å². The van der Waals surface area contributed by atoms with Crippen molar-refractivity contribution in [1.29, 1.82) is 0 Å². The van der Waals surface area contributed by atoms with Crippen LogP contribution in [0.15, 0.2) is 28.9 Å². The molecule has 32 heavy (non-hydrogen) atoms. The molecule has 1 fully saturated rings. The molecule has 2 aromatic rings. The van der Waals surface area contributed by atoms with Gasteiger partial charge in [-0.05, 0) is 36.5 Å². The van der Waals surface area contributed by atoms with Gasteiger partial charge >= 0.3 is 10.2 Å². The van der Waals surface area contributed by atoms with Crippen LogP contribution in [0.25, 0.3) is 0 Å². The second-order valence-electron chi connectivity index (χ2n) is 7.98. The molecule has 0 spiro atoms. The Morgan fingerprint density at radius 2 is 2.12 bits per heavy atom. The first-order chi connectivity index (χ1) is 15.2. The molecule has 11 heteroatoms. The molecule has 1 atom stereocenters. The van der Waals surface area contributed by atoms with Crippen molar-refractivity contribution >= 4 is 27.8 Å². The molecule has 0 saturated carbocycles. The van der Waals surface area contributed by atoms with Crippen molar-refractivity contribution in [3.05, 3.63) is 41.3 Å². The number of rotatable bonds is 8. The number of hydrogen-bond acceptors (Lipinski definition) is 8. The fourth-order valence-electron chi connectivity index (χ4n) is 3.43. The van der Waals surface area contributed by atoms with Crippen molar-refractivity contribution in [2.75, 3.05) is 38.7 Å². The third-order valence-electron chi connectivity index (χ3n) is 5.12. The van der Waals surface area contributed by atoms with Gasteiger partial charge in [0.15, 0.2) is 5.69 Å². The standard InChI is InChI=1S/C21H30N4O6S/c1-14(2)17-6-5-15(3)11-18(17)22-21-23-19(13-31-21)20(26)24-32(27,28)25-8-7-16(12-29-4)30-10-9-25/h5-6,11,13-14,16H,7-10,12H2,1-4H3,(H,22,23)(H,24,26). The number of aryl methyl sites for hydroxylation is 1. The van der Waals surface area contributed by atoms with Gasteiger partial charge in [0.2, 0.25) is 0 Å². The quantitative estimate of drug-likeness (QED) is 0.609.